The fraction of sp³-hybridized carbons (Fsp3) is 0. The molecule has 258 valence electrons. The Hall–Kier alpha value is -5.90. The first kappa shape index (κ1) is 35.1. The second kappa shape index (κ2) is 15.6. The molecule has 0 aromatic heterocycles. The molecule has 54 heavy (non-hydrogen) atoms. The van der Waals surface area contributed by atoms with Gasteiger partial charge in [-0.2, -0.15) is 0 Å². The van der Waals surface area contributed by atoms with Gasteiger partial charge >= 0.3 is 0 Å². The normalized spacial score (nSPS) is 12.2. The van der Waals surface area contributed by atoms with Gasteiger partial charge in [0.1, 0.15) is 0 Å². The molecule has 0 saturated heterocycles. The molecule has 0 aliphatic heterocycles. The lowest BCUT2D eigenvalue weighted by Crippen LogP contribution is -2.26. The molecule has 8 rings (SSSR count). The van der Waals surface area contributed by atoms with Crippen LogP contribution in [0.4, 0.5) is 0 Å². The van der Waals surface area contributed by atoms with E-state index < -0.39 is 15.8 Å². The monoisotopic (exact) mass is 726 g/mol. The molecule has 0 bridgehead atoms. The van der Waals surface area contributed by atoms with Crippen LogP contribution in [0.3, 0.4) is 0 Å². The van der Waals surface area contributed by atoms with E-state index in [1.54, 1.807) is 0 Å². The summed E-state index contributed by atoms with van der Waals surface area (Å²) < 4.78 is 0. The molecule has 0 aliphatic carbocycles. The van der Waals surface area contributed by atoms with Gasteiger partial charge in [-0.3, -0.25) is 0 Å². The van der Waals surface area contributed by atoms with E-state index in [9.17, 15) is 0 Å². The molecular weight excluding hydrogens is 687 g/mol. The van der Waals surface area contributed by atoms with Crippen molar-refractivity contribution in [1.29, 1.82) is 0 Å². The van der Waals surface area contributed by atoms with Crippen molar-refractivity contribution in [1.82, 2.24) is 0 Å². The molecule has 0 amide bonds. The van der Waals surface area contributed by atoms with E-state index in [4.69, 9.17) is 0 Å². The third kappa shape index (κ3) is 6.72. The Morgan fingerprint density at radius 1 is 0.315 bits per heavy atom. The fourth-order valence-corrected chi connectivity index (χ4v) is 12.3. The smallest absolute Gasteiger partial charge is 0.000883 e. The summed E-state index contributed by atoms with van der Waals surface area (Å²) in [6.45, 7) is 16.3. The standard InChI is InChI=1S/C52H40P2/c1-5-37-19-27-45(28-20-37)53(43-15-11-9-12-16-43)49-33-25-41-35-39(7-3)23-31-47(41)51(49)52-48-32-24-40(8-4)36-42(48)26-34-50(52)54(44-17-13-10-14-18-44)46-29-21-38(6-2)22-30-46/h5-36H,1-4H2. The predicted octanol–water partition coefficient (Wildman–Crippen LogP) is 11.7. The molecule has 0 spiro atoms. The van der Waals surface area contributed by atoms with Crippen molar-refractivity contribution < 1.29 is 0 Å². The highest BCUT2D eigenvalue weighted by Crippen LogP contribution is 2.46. The summed E-state index contributed by atoms with van der Waals surface area (Å²) >= 11 is 0. The molecule has 0 heterocycles. The number of hydrogen-bond donors (Lipinski definition) is 0. The highest BCUT2D eigenvalue weighted by Gasteiger charge is 2.28. The van der Waals surface area contributed by atoms with Crippen LogP contribution in [0.5, 0.6) is 0 Å². The lowest BCUT2D eigenvalue weighted by molar-refractivity contribution is 1.68. The lowest BCUT2D eigenvalue weighted by Gasteiger charge is -2.28. The summed E-state index contributed by atoms with van der Waals surface area (Å²) in [5.74, 6) is 0. The second-order valence-electron chi connectivity index (χ2n) is 13.2. The zero-order valence-corrected chi connectivity index (χ0v) is 32.0. The Kier molecular flexibility index (Phi) is 10.2. The largest absolute Gasteiger partial charge is 0.0985 e. The van der Waals surface area contributed by atoms with Crippen molar-refractivity contribution in [2.45, 2.75) is 0 Å². The molecule has 0 aliphatic rings. The van der Waals surface area contributed by atoms with Crippen molar-refractivity contribution in [2.24, 2.45) is 0 Å². The second-order valence-corrected chi connectivity index (χ2v) is 17.6. The SMILES string of the molecule is C=Cc1ccc(P(c2ccccc2)c2ccc3cc(C=C)ccc3c2-c2c(P(c3ccccc3)c3ccc(C=C)cc3)ccc3cc(C=C)ccc23)cc1. The van der Waals surface area contributed by atoms with Crippen LogP contribution in [-0.4, -0.2) is 0 Å². The average Bonchev–Trinajstić information content (AvgIpc) is 3.24. The minimum Gasteiger partial charge on any atom is -0.0985 e. The van der Waals surface area contributed by atoms with Crippen LogP contribution in [0, 0.1) is 0 Å². The summed E-state index contributed by atoms with van der Waals surface area (Å²) in [5.41, 5.74) is 7.00. The molecule has 8 aromatic rings. The average molecular weight is 727 g/mol. The third-order valence-corrected chi connectivity index (χ3v) is 15.0. The Morgan fingerprint density at radius 3 is 1.00 bits per heavy atom. The van der Waals surface area contributed by atoms with Crippen molar-refractivity contribution in [3.63, 3.8) is 0 Å². The maximum Gasteiger partial charge on any atom is -0.000883 e. The van der Waals surface area contributed by atoms with Crippen LogP contribution in [0.25, 0.3) is 57.0 Å². The van der Waals surface area contributed by atoms with E-state index >= 15 is 0 Å². The summed E-state index contributed by atoms with van der Waals surface area (Å²) in [5, 5.41) is 12.7. The summed E-state index contributed by atoms with van der Waals surface area (Å²) in [7, 11) is -1.96. The van der Waals surface area contributed by atoms with Gasteiger partial charge in [-0.05, 0) is 115 Å². The maximum atomic E-state index is 4.12. The van der Waals surface area contributed by atoms with Crippen LogP contribution in [0.1, 0.15) is 22.3 Å². The van der Waals surface area contributed by atoms with E-state index in [1.807, 2.05) is 24.3 Å². The predicted molar refractivity (Wildman–Crippen MR) is 245 cm³/mol. The Morgan fingerprint density at radius 2 is 0.648 bits per heavy atom. The third-order valence-electron chi connectivity index (χ3n) is 10.0. The number of hydrogen-bond acceptors (Lipinski definition) is 0. The minimum absolute atomic E-state index is 0.978. The van der Waals surface area contributed by atoms with Gasteiger partial charge < -0.3 is 0 Å². The van der Waals surface area contributed by atoms with Gasteiger partial charge in [0.2, 0.25) is 0 Å². The van der Waals surface area contributed by atoms with Gasteiger partial charge in [-0.25, -0.2) is 0 Å². The van der Waals surface area contributed by atoms with E-state index in [2.05, 4.69) is 196 Å². The minimum atomic E-state index is -0.978. The van der Waals surface area contributed by atoms with Crippen molar-refractivity contribution >= 4 is 93.5 Å². The highest BCUT2D eigenvalue weighted by atomic mass is 31.1. The number of rotatable bonds is 11. The molecule has 2 heteroatoms. The van der Waals surface area contributed by atoms with Gasteiger partial charge in [0.15, 0.2) is 0 Å². The molecule has 0 saturated carbocycles. The van der Waals surface area contributed by atoms with Gasteiger partial charge in [0.05, 0.1) is 0 Å². The van der Waals surface area contributed by atoms with Gasteiger partial charge in [0, 0.05) is 0 Å². The lowest BCUT2D eigenvalue weighted by atomic mass is 9.92. The summed E-state index contributed by atoms with van der Waals surface area (Å²) in [6, 6.07) is 63.0. The van der Waals surface area contributed by atoms with Crippen molar-refractivity contribution in [3.05, 3.63) is 218 Å². The highest BCUT2D eigenvalue weighted by molar-refractivity contribution is 7.80. The Labute approximate surface area is 321 Å². The Bertz CT molecular complexity index is 2460. The fourth-order valence-electron chi connectivity index (χ4n) is 7.35. The van der Waals surface area contributed by atoms with Crippen LogP contribution < -0.4 is 31.8 Å². The molecule has 0 nitrogen and oxygen atoms in total. The quantitative estimate of drug-likeness (QED) is 0.116. The summed E-state index contributed by atoms with van der Waals surface area (Å²) in [6.07, 6.45) is 7.71. The first-order valence-corrected chi connectivity index (χ1v) is 20.8. The number of benzene rings is 8. The van der Waals surface area contributed by atoms with Gasteiger partial charge in [-0.1, -0.05) is 208 Å². The van der Waals surface area contributed by atoms with Crippen molar-refractivity contribution in [2.75, 3.05) is 0 Å². The molecule has 2 unspecified atom stereocenters. The van der Waals surface area contributed by atoms with Crippen LogP contribution in [0.15, 0.2) is 196 Å². The first-order chi connectivity index (χ1) is 26.6. The topological polar surface area (TPSA) is 0 Å². The first-order valence-electron chi connectivity index (χ1n) is 18.1. The zero-order chi connectivity index (χ0) is 37.0. The molecular formula is C52H40P2. The van der Waals surface area contributed by atoms with Crippen LogP contribution in [-0.2, 0) is 0 Å². The van der Waals surface area contributed by atoms with E-state index in [0.717, 1.165) is 22.3 Å². The molecule has 0 radical (unpaired) electrons. The molecule has 0 fully saturated rings. The molecule has 0 N–H and O–H groups in total. The van der Waals surface area contributed by atoms with Gasteiger partial charge in [-0.15, -0.1) is 0 Å². The van der Waals surface area contributed by atoms with Crippen LogP contribution >= 0.6 is 15.8 Å². The van der Waals surface area contributed by atoms with Crippen molar-refractivity contribution in [3.8, 4) is 11.1 Å². The van der Waals surface area contributed by atoms with E-state index in [0.29, 0.717) is 0 Å². The molecule has 2 atom stereocenters. The molecule has 8 aromatic carbocycles. The van der Waals surface area contributed by atoms with Gasteiger partial charge in [0.25, 0.3) is 0 Å². The summed E-state index contributed by atoms with van der Waals surface area (Å²) in [4.78, 5) is 0. The zero-order valence-electron chi connectivity index (χ0n) is 30.2. The maximum absolute atomic E-state index is 4.12. The van der Waals surface area contributed by atoms with E-state index in [-0.39, 0.29) is 0 Å². The Balaban J connectivity index is 1.54. The van der Waals surface area contributed by atoms with E-state index in [1.165, 1.54) is 64.5 Å². The van der Waals surface area contributed by atoms with Crippen LogP contribution in [0.2, 0.25) is 0 Å². The number of fused-ring (bicyclic) bond motifs is 2.